The Kier molecular flexibility index (Phi) is 5.73. The minimum absolute atomic E-state index is 0.0127. The van der Waals surface area contributed by atoms with Crippen LogP contribution in [0.5, 0.6) is 11.5 Å². The number of aliphatic imine (C=N–C) groups is 1. The Morgan fingerprint density at radius 1 is 1.14 bits per heavy atom. The van der Waals surface area contributed by atoms with Crippen molar-refractivity contribution < 1.29 is 22.7 Å². The molecule has 2 aromatic carbocycles. The highest BCUT2D eigenvalue weighted by Gasteiger charge is 2.36. The van der Waals surface area contributed by atoms with Crippen LogP contribution >= 0.6 is 11.6 Å². The van der Waals surface area contributed by atoms with E-state index in [0.717, 1.165) is 19.4 Å². The molecule has 10 nitrogen and oxygen atoms in total. The summed E-state index contributed by atoms with van der Waals surface area (Å²) in [5.74, 6) is -1.39. The molecule has 0 bridgehead atoms. The van der Waals surface area contributed by atoms with Crippen LogP contribution < -0.4 is 21.1 Å². The second-order valence-electron chi connectivity index (χ2n) is 8.99. The lowest BCUT2D eigenvalue weighted by Crippen LogP contribution is -2.51. The number of nitrogens with zero attached hydrogens (tertiary/aromatic N) is 3. The highest BCUT2D eigenvalue weighted by atomic mass is 35.5. The van der Waals surface area contributed by atoms with Crippen molar-refractivity contribution in [1.82, 2.24) is 4.90 Å². The number of amides is 2. The third-order valence-electron chi connectivity index (χ3n) is 6.33. The molecule has 0 unspecified atom stereocenters. The van der Waals surface area contributed by atoms with Gasteiger partial charge in [0.15, 0.2) is 15.8 Å². The number of benzene rings is 2. The Bertz CT molecular complexity index is 1400. The predicted molar refractivity (Wildman–Crippen MR) is 131 cm³/mol. The first kappa shape index (κ1) is 23.6. The van der Waals surface area contributed by atoms with Crippen LogP contribution in [-0.4, -0.2) is 56.8 Å². The van der Waals surface area contributed by atoms with Gasteiger partial charge in [-0.2, -0.15) is 4.99 Å². The molecule has 0 aromatic heterocycles. The van der Waals surface area contributed by atoms with Crippen LogP contribution in [0.25, 0.3) is 0 Å². The van der Waals surface area contributed by atoms with Gasteiger partial charge in [0.25, 0.3) is 5.91 Å². The van der Waals surface area contributed by atoms with Crippen molar-refractivity contribution in [2.24, 2.45) is 16.5 Å². The number of hydrogen-bond acceptors (Lipinski definition) is 6. The maximum atomic E-state index is 13.4. The SMILES string of the molecule is Cc1cc(C(=O)N=C(N)N)cc2c1Oc1c(Cl)cc(N3CCN(C4CC4)CC3=O)cc1CS2(=O)=O. The number of carbonyl (C=O) groups is 2. The Labute approximate surface area is 207 Å². The van der Waals surface area contributed by atoms with Crippen LogP contribution in [0.1, 0.15) is 34.3 Å². The molecule has 2 aromatic rings. The standard InChI is InChI=1S/C23H24ClN5O5S/c1-12-6-13(22(31)27-23(25)26)8-18-20(12)34-21-14(11-35(18,32)33)7-16(9-17(21)24)29-5-4-28(10-19(29)30)15-2-3-15/h6-9,15H,2-5,10-11H2,1H3,(H4,25,26,27,31). The Hall–Kier alpha value is -3.15. The fourth-order valence-corrected chi connectivity index (χ4v) is 6.36. The molecule has 0 radical (unpaired) electrons. The number of rotatable bonds is 3. The molecule has 35 heavy (non-hydrogen) atoms. The average molecular weight is 518 g/mol. The van der Waals surface area contributed by atoms with Crippen molar-refractivity contribution in [1.29, 1.82) is 0 Å². The topological polar surface area (TPSA) is 148 Å². The van der Waals surface area contributed by atoms with Gasteiger partial charge in [0.1, 0.15) is 16.4 Å². The van der Waals surface area contributed by atoms with Gasteiger partial charge in [-0.05, 0) is 49.6 Å². The van der Waals surface area contributed by atoms with Crippen LogP contribution in [0.4, 0.5) is 5.69 Å². The zero-order valence-corrected chi connectivity index (χ0v) is 20.5. The predicted octanol–water partition coefficient (Wildman–Crippen LogP) is 1.95. The molecular weight excluding hydrogens is 494 g/mol. The van der Waals surface area contributed by atoms with E-state index in [0.29, 0.717) is 35.9 Å². The number of halogens is 1. The Morgan fingerprint density at radius 3 is 2.54 bits per heavy atom. The molecule has 1 saturated heterocycles. The summed E-state index contributed by atoms with van der Waals surface area (Å²) in [6.07, 6.45) is 2.23. The lowest BCUT2D eigenvalue weighted by Gasteiger charge is -2.34. The normalized spacial score (nSPS) is 19.3. The first-order valence-corrected chi connectivity index (χ1v) is 13.1. The van der Waals surface area contributed by atoms with Crippen LogP contribution in [-0.2, 0) is 20.4 Å². The molecule has 5 rings (SSSR count). The van der Waals surface area contributed by atoms with Crippen molar-refractivity contribution >= 4 is 44.9 Å². The summed E-state index contributed by atoms with van der Waals surface area (Å²) in [6, 6.07) is 6.40. The number of aryl methyl sites for hydroxylation is 1. The summed E-state index contributed by atoms with van der Waals surface area (Å²) < 4.78 is 32.8. The zero-order chi connectivity index (χ0) is 25.1. The summed E-state index contributed by atoms with van der Waals surface area (Å²) in [6.45, 7) is 3.18. The molecule has 1 aliphatic carbocycles. The van der Waals surface area contributed by atoms with E-state index >= 15 is 0 Å². The summed E-state index contributed by atoms with van der Waals surface area (Å²) >= 11 is 6.56. The van der Waals surface area contributed by atoms with E-state index in [1.165, 1.54) is 12.1 Å². The summed E-state index contributed by atoms with van der Waals surface area (Å²) in [7, 11) is -3.95. The zero-order valence-electron chi connectivity index (χ0n) is 19.0. The Morgan fingerprint density at radius 2 is 1.89 bits per heavy atom. The molecule has 184 valence electrons. The number of fused-ring (bicyclic) bond motifs is 2. The minimum atomic E-state index is -3.95. The number of sulfone groups is 1. The van der Waals surface area contributed by atoms with E-state index in [1.807, 2.05) is 0 Å². The fraction of sp³-hybridized carbons (Fsp3) is 0.348. The highest BCUT2D eigenvalue weighted by molar-refractivity contribution is 7.90. The number of piperazine rings is 1. The molecule has 2 aliphatic heterocycles. The van der Waals surface area contributed by atoms with Gasteiger partial charge in [0, 0.05) is 35.9 Å². The lowest BCUT2D eigenvalue weighted by atomic mass is 10.1. The number of nitrogens with two attached hydrogens (primary N) is 2. The van der Waals surface area contributed by atoms with E-state index in [4.69, 9.17) is 27.8 Å². The maximum absolute atomic E-state index is 13.4. The monoisotopic (exact) mass is 517 g/mol. The molecule has 2 heterocycles. The number of ether oxygens (including phenoxy) is 1. The van der Waals surface area contributed by atoms with Gasteiger partial charge in [-0.25, -0.2) is 8.42 Å². The Balaban J connectivity index is 1.52. The van der Waals surface area contributed by atoms with Crippen LogP contribution in [0.2, 0.25) is 5.02 Å². The fourth-order valence-electron chi connectivity index (χ4n) is 4.52. The number of carbonyl (C=O) groups excluding carboxylic acids is 2. The number of hydrogen-bond donors (Lipinski definition) is 2. The van der Waals surface area contributed by atoms with Crippen LogP contribution in [0.15, 0.2) is 34.2 Å². The smallest absolute Gasteiger partial charge is 0.280 e. The van der Waals surface area contributed by atoms with Crippen LogP contribution in [0.3, 0.4) is 0 Å². The van der Waals surface area contributed by atoms with Gasteiger partial charge in [0.2, 0.25) is 5.91 Å². The maximum Gasteiger partial charge on any atom is 0.280 e. The summed E-state index contributed by atoms with van der Waals surface area (Å²) in [4.78, 5) is 32.3. The van der Waals surface area contributed by atoms with E-state index < -0.39 is 27.5 Å². The second kappa shape index (κ2) is 8.51. The van der Waals surface area contributed by atoms with E-state index in [9.17, 15) is 18.0 Å². The lowest BCUT2D eigenvalue weighted by molar-refractivity contribution is -0.121. The van der Waals surface area contributed by atoms with Crippen molar-refractivity contribution in [2.75, 3.05) is 24.5 Å². The molecule has 3 aliphatic rings. The largest absolute Gasteiger partial charge is 0.454 e. The molecule has 0 atom stereocenters. The van der Waals surface area contributed by atoms with E-state index in [-0.39, 0.29) is 32.9 Å². The number of guanidine groups is 1. The molecule has 2 fully saturated rings. The molecule has 2 amide bonds. The van der Waals surface area contributed by atoms with Crippen molar-refractivity contribution in [3.8, 4) is 11.5 Å². The molecular formula is C23H24ClN5O5S. The molecule has 1 saturated carbocycles. The van der Waals surface area contributed by atoms with Crippen molar-refractivity contribution in [3.63, 3.8) is 0 Å². The third-order valence-corrected chi connectivity index (χ3v) is 8.28. The quantitative estimate of drug-likeness (QED) is 0.463. The average Bonchev–Trinajstić information content (AvgIpc) is 3.61. The first-order valence-electron chi connectivity index (χ1n) is 11.1. The summed E-state index contributed by atoms with van der Waals surface area (Å²) in [5, 5.41) is 0.193. The number of anilines is 1. The van der Waals surface area contributed by atoms with E-state index in [2.05, 4.69) is 9.89 Å². The molecule has 0 spiro atoms. The van der Waals surface area contributed by atoms with E-state index in [1.54, 1.807) is 24.0 Å². The van der Waals surface area contributed by atoms with Crippen molar-refractivity contribution in [3.05, 3.63) is 46.0 Å². The van der Waals surface area contributed by atoms with Gasteiger partial charge in [-0.15, -0.1) is 0 Å². The van der Waals surface area contributed by atoms with Gasteiger partial charge < -0.3 is 21.1 Å². The molecule has 12 heteroatoms. The molecule has 4 N–H and O–H groups in total. The first-order chi connectivity index (χ1) is 16.5. The third kappa shape index (κ3) is 4.46. The minimum Gasteiger partial charge on any atom is -0.454 e. The van der Waals surface area contributed by atoms with Gasteiger partial charge in [-0.3, -0.25) is 14.5 Å². The van der Waals surface area contributed by atoms with Crippen LogP contribution in [0, 0.1) is 6.92 Å². The van der Waals surface area contributed by atoms with Crippen molar-refractivity contribution in [2.45, 2.75) is 36.5 Å². The van der Waals surface area contributed by atoms with Gasteiger partial charge in [-0.1, -0.05) is 11.6 Å². The van der Waals surface area contributed by atoms with Gasteiger partial charge in [0.05, 0.1) is 17.3 Å². The van der Waals surface area contributed by atoms with Gasteiger partial charge >= 0.3 is 0 Å². The highest BCUT2D eigenvalue weighted by Crippen LogP contribution is 2.45. The summed E-state index contributed by atoms with van der Waals surface area (Å²) in [5.41, 5.74) is 11.9. The second-order valence-corrected chi connectivity index (χ2v) is 11.4.